The maximum absolute atomic E-state index is 3.73. The molecule has 1 aliphatic rings. The summed E-state index contributed by atoms with van der Waals surface area (Å²) in [5.41, 5.74) is 0. The van der Waals surface area contributed by atoms with Crippen molar-refractivity contribution in [3.63, 3.8) is 0 Å². The van der Waals surface area contributed by atoms with Crippen LogP contribution in [0.3, 0.4) is 0 Å². The molecule has 90 valence electrons. The van der Waals surface area contributed by atoms with Gasteiger partial charge < -0.3 is 5.32 Å². The summed E-state index contributed by atoms with van der Waals surface area (Å²) in [5, 5.41) is 5.11. The summed E-state index contributed by atoms with van der Waals surface area (Å²) >= 11 is 1.92. The summed E-state index contributed by atoms with van der Waals surface area (Å²) in [4.78, 5) is 1.46. The van der Waals surface area contributed by atoms with Gasteiger partial charge in [0.05, 0.1) is 0 Å². The van der Waals surface area contributed by atoms with Gasteiger partial charge in [-0.25, -0.2) is 0 Å². The van der Waals surface area contributed by atoms with Gasteiger partial charge in [0.15, 0.2) is 0 Å². The average molecular weight is 245 g/mol. The molecule has 3 rings (SSSR count). The summed E-state index contributed by atoms with van der Waals surface area (Å²) in [6, 6.07) is 12.2. The highest BCUT2D eigenvalue weighted by Gasteiger charge is 2.26. The Morgan fingerprint density at radius 2 is 2.06 bits per heavy atom. The highest BCUT2D eigenvalue weighted by atomic mass is 32.1. The average Bonchev–Trinajstić information content (AvgIpc) is 2.70. The molecule has 1 nitrogen and oxygen atoms in total. The van der Waals surface area contributed by atoms with E-state index in [0.29, 0.717) is 6.04 Å². The monoisotopic (exact) mass is 245 g/mol. The zero-order chi connectivity index (χ0) is 11.8. The van der Waals surface area contributed by atoms with Crippen LogP contribution in [-0.2, 0) is 0 Å². The van der Waals surface area contributed by atoms with Crippen molar-refractivity contribution < 1.29 is 0 Å². The fourth-order valence-corrected chi connectivity index (χ4v) is 3.77. The predicted molar refractivity (Wildman–Crippen MR) is 75.6 cm³/mol. The van der Waals surface area contributed by atoms with Gasteiger partial charge in [0.25, 0.3) is 0 Å². The van der Waals surface area contributed by atoms with Gasteiger partial charge in [0.1, 0.15) is 0 Å². The lowest BCUT2D eigenvalue weighted by molar-refractivity contribution is 0.227. The molecule has 2 aromatic rings. The van der Waals surface area contributed by atoms with E-state index in [1.165, 1.54) is 27.8 Å². The van der Waals surface area contributed by atoms with Crippen LogP contribution >= 0.6 is 11.3 Å². The van der Waals surface area contributed by atoms with Gasteiger partial charge in [-0.1, -0.05) is 25.1 Å². The number of rotatable bonds is 3. The summed E-state index contributed by atoms with van der Waals surface area (Å²) in [5.74, 6) is 0.919. The van der Waals surface area contributed by atoms with Gasteiger partial charge in [-0.15, -0.1) is 11.3 Å². The fraction of sp³-hybridized carbons (Fsp3) is 0.467. The van der Waals surface area contributed by atoms with Crippen molar-refractivity contribution in [2.45, 2.75) is 38.8 Å². The van der Waals surface area contributed by atoms with E-state index in [4.69, 9.17) is 0 Å². The Hall–Kier alpha value is -0.860. The Bertz CT molecular complexity index is 477. The van der Waals surface area contributed by atoms with E-state index in [1.807, 2.05) is 11.3 Å². The summed E-state index contributed by atoms with van der Waals surface area (Å²) in [6.07, 6.45) is 2.68. The van der Waals surface area contributed by atoms with Crippen LogP contribution in [0, 0.1) is 5.92 Å². The molecule has 2 heteroatoms. The number of fused-ring (bicyclic) bond motifs is 1. The molecule has 1 saturated carbocycles. The van der Waals surface area contributed by atoms with Crippen molar-refractivity contribution in [3.8, 4) is 0 Å². The maximum atomic E-state index is 3.73. The molecule has 0 radical (unpaired) electrons. The second-order valence-electron chi connectivity index (χ2n) is 5.35. The van der Waals surface area contributed by atoms with Crippen LogP contribution in [0.15, 0.2) is 30.3 Å². The highest BCUT2D eigenvalue weighted by Crippen LogP contribution is 2.33. The molecule has 0 aliphatic heterocycles. The topological polar surface area (TPSA) is 12.0 Å². The minimum absolute atomic E-state index is 0.491. The standard InChI is InChI=1S/C15H19NS/c1-10-7-13(8-10)16-11(2)15-9-12-5-3-4-6-14(12)17-15/h3-6,9-11,13,16H,7-8H2,1-2H3. The molecule has 0 bridgehead atoms. The van der Waals surface area contributed by atoms with Gasteiger partial charge in [-0.05, 0) is 43.2 Å². The fourth-order valence-electron chi connectivity index (χ4n) is 2.69. The molecule has 17 heavy (non-hydrogen) atoms. The Kier molecular flexibility index (Phi) is 2.93. The first-order valence-corrected chi connectivity index (χ1v) is 7.28. The third-order valence-electron chi connectivity index (χ3n) is 3.73. The molecular formula is C15H19NS. The Labute approximate surface area is 107 Å². The molecule has 0 saturated heterocycles. The molecule has 1 heterocycles. The van der Waals surface area contributed by atoms with Gasteiger partial charge in [-0.2, -0.15) is 0 Å². The molecule has 1 aromatic carbocycles. The lowest BCUT2D eigenvalue weighted by Gasteiger charge is -2.35. The van der Waals surface area contributed by atoms with Crippen LogP contribution < -0.4 is 5.32 Å². The van der Waals surface area contributed by atoms with Crippen LogP contribution in [0.1, 0.15) is 37.6 Å². The second-order valence-corrected chi connectivity index (χ2v) is 6.46. The van der Waals surface area contributed by atoms with E-state index < -0.39 is 0 Å². The number of benzene rings is 1. The van der Waals surface area contributed by atoms with E-state index in [2.05, 4.69) is 49.5 Å². The summed E-state index contributed by atoms with van der Waals surface area (Å²) in [6.45, 7) is 4.62. The third kappa shape index (κ3) is 2.24. The third-order valence-corrected chi connectivity index (χ3v) is 5.03. The van der Waals surface area contributed by atoms with Gasteiger partial charge >= 0.3 is 0 Å². The van der Waals surface area contributed by atoms with Crippen LogP contribution in [0.2, 0.25) is 0 Å². The van der Waals surface area contributed by atoms with E-state index >= 15 is 0 Å². The number of thiophene rings is 1. The van der Waals surface area contributed by atoms with Crippen molar-refractivity contribution in [1.82, 2.24) is 5.32 Å². The van der Waals surface area contributed by atoms with Gasteiger partial charge in [0.2, 0.25) is 0 Å². The maximum Gasteiger partial charge on any atom is 0.0388 e. The first-order chi connectivity index (χ1) is 8.22. The zero-order valence-corrected chi connectivity index (χ0v) is 11.3. The van der Waals surface area contributed by atoms with E-state index in [0.717, 1.165) is 12.0 Å². The molecule has 0 spiro atoms. The molecule has 1 aromatic heterocycles. The Balaban J connectivity index is 1.74. The SMILES string of the molecule is CC1CC(NC(C)c2cc3ccccc3s2)C1. The lowest BCUT2D eigenvalue weighted by atomic mass is 9.81. The smallest absolute Gasteiger partial charge is 0.0388 e. The van der Waals surface area contributed by atoms with Crippen molar-refractivity contribution in [1.29, 1.82) is 0 Å². The predicted octanol–water partition coefficient (Wildman–Crippen LogP) is 4.35. The largest absolute Gasteiger partial charge is 0.307 e. The quantitative estimate of drug-likeness (QED) is 0.847. The van der Waals surface area contributed by atoms with Crippen molar-refractivity contribution >= 4 is 21.4 Å². The van der Waals surface area contributed by atoms with Crippen LogP contribution in [0.5, 0.6) is 0 Å². The number of hydrogen-bond donors (Lipinski definition) is 1. The summed E-state index contributed by atoms with van der Waals surface area (Å²) in [7, 11) is 0. The van der Waals surface area contributed by atoms with Crippen molar-refractivity contribution in [3.05, 3.63) is 35.2 Å². The molecule has 1 N–H and O–H groups in total. The van der Waals surface area contributed by atoms with E-state index in [9.17, 15) is 0 Å². The van der Waals surface area contributed by atoms with Gasteiger partial charge in [0, 0.05) is 21.7 Å². The first kappa shape index (κ1) is 11.2. The molecule has 1 aliphatic carbocycles. The van der Waals surface area contributed by atoms with Crippen LogP contribution in [-0.4, -0.2) is 6.04 Å². The molecule has 1 fully saturated rings. The minimum atomic E-state index is 0.491. The van der Waals surface area contributed by atoms with Crippen molar-refractivity contribution in [2.24, 2.45) is 5.92 Å². The zero-order valence-electron chi connectivity index (χ0n) is 10.4. The second kappa shape index (κ2) is 4.43. The minimum Gasteiger partial charge on any atom is -0.307 e. The van der Waals surface area contributed by atoms with Crippen molar-refractivity contribution in [2.75, 3.05) is 0 Å². The Morgan fingerprint density at radius 3 is 2.76 bits per heavy atom. The highest BCUT2D eigenvalue weighted by molar-refractivity contribution is 7.19. The van der Waals surface area contributed by atoms with Crippen LogP contribution in [0.25, 0.3) is 10.1 Å². The van der Waals surface area contributed by atoms with E-state index in [1.54, 1.807) is 0 Å². The lowest BCUT2D eigenvalue weighted by Crippen LogP contribution is -2.41. The molecule has 0 amide bonds. The number of hydrogen-bond acceptors (Lipinski definition) is 2. The summed E-state index contributed by atoms with van der Waals surface area (Å²) < 4.78 is 1.40. The molecule has 1 atom stereocenters. The molecule has 1 unspecified atom stereocenters. The van der Waals surface area contributed by atoms with Gasteiger partial charge in [-0.3, -0.25) is 0 Å². The molecular weight excluding hydrogens is 226 g/mol. The first-order valence-electron chi connectivity index (χ1n) is 6.47. The number of nitrogens with one attached hydrogen (secondary N) is 1. The van der Waals surface area contributed by atoms with E-state index in [-0.39, 0.29) is 0 Å². The van der Waals surface area contributed by atoms with Crippen LogP contribution in [0.4, 0.5) is 0 Å². The normalized spacial score (nSPS) is 25.8. The Morgan fingerprint density at radius 1 is 1.29 bits per heavy atom.